The number of pyridine rings is 1. The first-order valence-electron chi connectivity index (χ1n) is 9.92. The summed E-state index contributed by atoms with van der Waals surface area (Å²) >= 11 is 0. The molecule has 29 heavy (non-hydrogen) atoms. The first kappa shape index (κ1) is 18.5. The van der Waals surface area contributed by atoms with Crippen LogP contribution in [-0.4, -0.2) is 40.1 Å². The molecule has 1 aromatic carbocycles. The van der Waals surface area contributed by atoms with Gasteiger partial charge in [-0.3, -0.25) is 4.98 Å². The van der Waals surface area contributed by atoms with Crippen molar-refractivity contribution < 1.29 is 17.9 Å². The average Bonchev–Trinajstić information content (AvgIpc) is 3.19. The highest BCUT2D eigenvalue weighted by Crippen LogP contribution is 2.36. The molecule has 0 amide bonds. The Morgan fingerprint density at radius 2 is 1.83 bits per heavy atom. The van der Waals surface area contributed by atoms with Crippen LogP contribution in [-0.2, 0) is 6.18 Å². The lowest BCUT2D eigenvalue weighted by Crippen LogP contribution is -2.43. The monoisotopic (exact) mass is 401 g/mol. The van der Waals surface area contributed by atoms with Crippen molar-refractivity contribution in [1.29, 1.82) is 0 Å². The third kappa shape index (κ3) is 3.48. The number of aromatic amines is 1. The van der Waals surface area contributed by atoms with Crippen LogP contribution in [0.2, 0.25) is 0 Å². The van der Waals surface area contributed by atoms with Crippen molar-refractivity contribution in [3.8, 4) is 17.0 Å². The number of nitrogens with one attached hydrogen (secondary N) is 1. The Morgan fingerprint density at radius 3 is 2.48 bits per heavy atom. The maximum absolute atomic E-state index is 12.9. The summed E-state index contributed by atoms with van der Waals surface area (Å²) in [4.78, 5) is 9.37. The van der Waals surface area contributed by atoms with Gasteiger partial charge >= 0.3 is 6.18 Å². The highest BCUT2D eigenvalue weighted by atomic mass is 19.4. The summed E-state index contributed by atoms with van der Waals surface area (Å²) in [5.41, 5.74) is 1.19. The quantitative estimate of drug-likeness (QED) is 0.652. The first-order valence-corrected chi connectivity index (χ1v) is 9.92. The van der Waals surface area contributed by atoms with E-state index in [1.54, 1.807) is 24.4 Å². The third-order valence-corrected chi connectivity index (χ3v) is 6.32. The molecule has 2 aliphatic rings. The summed E-state index contributed by atoms with van der Waals surface area (Å²) in [5, 5.41) is 0.513. The zero-order valence-corrected chi connectivity index (χ0v) is 16.0. The van der Waals surface area contributed by atoms with E-state index in [4.69, 9.17) is 4.74 Å². The lowest BCUT2D eigenvalue weighted by Gasteiger charge is -2.36. The van der Waals surface area contributed by atoms with Gasteiger partial charge in [-0.25, -0.2) is 0 Å². The van der Waals surface area contributed by atoms with Gasteiger partial charge in [-0.2, -0.15) is 13.2 Å². The summed E-state index contributed by atoms with van der Waals surface area (Å²) < 4.78 is 44.9. The number of benzene rings is 1. The van der Waals surface area contributed by atoms with E-state index in [0.717, 1.165) is 30.2 Å². The van der Waals surface area contributed by atoms with Gasteiger partial charge in [0, 0.05) is 28.6 Å². The van der Waals surface area contributed by atoms with E-state index in [1.807, 2.05) is 12.1 Å². The van der Waals surface area contributed by atoms with Gasteiger partial charge in [0.2, 0.25) is 0 Å². The summed E-state index contributed by atoms with van der Waals surface area (Å²) in [7, 11) is 2.20. The molecule has 4 nitrogen and oxygen atoms in total. The van der Waals surface area contributed by atoms with Gasteiger partial charge in [0.05, 0.1) is 11.9 Å². The Bertz CT molecular complexity index is 1010. The molecule has 2 aliphatic heterocycles. The van der Waals surface area contributed by atoms with Crippen LogP contribution in [0.4, 0.5) is 13.2 Å². The molecule has 5 rings (SSSR count). The molecular weight excluding hydrogens is 379 g/mol. The van der Waals surface area contributed by atoms with Crippen LogP contribution >= 0.6 is 0 Å². The number of hydrogen-bond donors (Lipinski definition) is 1. The van der Waals surface area contributed by atoms with Gasteiger partial charge in [0.15, 0.2) is 0 Å². The molecular formula is C22H22F3N3O. The maximum Gasteiger partial charge on any atom is 0.431 e. The smallest absolute Gasteiger partial charge is 0.431 e. The van der Waals surface area contributed by atoms with Crippen LogP contribution in [0.15, 0.2) is 42.6 Å². The molecule has 3 aromatic rings. The number of piperidine rings is 1. The molecule has 152 valence electrons. The number of aromatic nitrogens is 2. The van der Waals surface area contributed by atoms with E-state index < -0.39 is 11.9 Å². The molecule has 2 unspecified atom stereocenters. The molecule has 1 N–H and O–H groups in total. The van der Waals surface area contributed by atoms with Crippen molar-refractivity contribution >= 4 is 10.9 Å². The lowest BCUT2D eigenvalue weighted by molar-refractivity contribution is -0.140. The Hall–Kier alpha value is -2.54. The van der Waals surface area contributed by atoms with Gasteiger partial charge in [0.1, 0.15) is 17.5 Å². The maximum atomic E-state index is 12.9. The number of halogens is 3. The minimum Gasteiger partial charge on any atom is -0.489 e. The number of H-pyrrole nitrogens is 1. The fraction of sp³-hybridized carbons (Fsp3) is 0.409. The zero-order chi connectivity index (χ0) is 20.2. The highest BCUT2D eigenvalue weighted by Gasteiger charge is 2.39. The number of nitrogens with zero attached hydrogens (tertiary/aromatic N) is 2. The molecule has 7 heteroatoms. The highest BCUT2D eigenvalue weighted by molar-refractivity contribution is 5.85. The predicted molar refractivity (Wildman–Crippen MR) is 105 cm³/mol. The largest absolute Gasteiger partial charge is 0.489 e. The Morgan fingerprint density at radius 1 is 1.07 bits per heavy atom. The third-order valence-electron chi connectivity index (χ3n) is 6.32. The first-order chi connectivity index (χ1) is 13.9. The Kier molecular flexibility index (Phi) is 4.31. The fourth-order valence-corrected chi connectivity index (χ4v) is 4.72. The summed E-state index contributed by atoms with van der Waals surface area (Å²) in [5.74, 6) is 0.741. The van der Waals surface area contributed by atoms with Crippen LogP contribution in [0.5, 0.6) is 5.75 Å². The number of rotatable bonds is 3. The second kappa shape index (κ2) is 6.76. The molecule has 2 saturated heterocycles. The number of alkyl halides is 3. The standard InChI is InChI=1S/C22H22F3N3O/c1-28-15-3-4-16(28)11-18(10-15)29-17-5-7-19(26-12-17)13-2-6-20-14(8-13)9-21(27-20)22(23,24)25/h2,5-9,12,15-16,18,27H,3-4,10-11H2,1H3. The summed E-state index contributed by atoms with van der Waals surface area (Å²) in [6.07, 6.45) is 2.11. The van der Waals surface area contributed by atoms with Crippen molar-refractivity contribution in [1.82, 2.24) is 14.9 Å². The normalized spacial score (nSPS) is 24.9. The van der Waals surface area contributed by atoms with E-state index in [1.165, 1.54) is 12.8 Å². The zero-order valence-electron chi connectivity index (χ0n) is 16.0. The Balaban J connectivity index is 1.32. The molecule has 0 spiro atoms. The molecule has 2 aromatic heterocycles. The topological polar surface area (TPSA) is 41.1 Å². The molecule has 4 heterocycles. The van der Waals surface area contributed by atoms with Crippen LogP contribution in [0.25, 0.3) is 22.2 Å². The minimum absolute atomic E-state index is 0.216. The van der Waals surface area contributed by atoms with Gasteiger partial charge in [-0.05, 0) is 63.1 Å². The van der Waals surface area contributed by atoms with Gasteiger partial charge < -0.3 is 14.6 Å². The Labute approximate surface area is 166 Å². The molecule has 0 aliphatic carbocycles. The molecule has 2 bridgehead atoms. The molecule has 0 saturated carbocycles. The van der Waals surface area contributed by atoms with Crippen LogP contribution in [0.1, 0.15) is 31.4 Å². The van der Waals surface area contributed by atoms with Gasteiger partial charge in [-0.1, -0.05) is 6.07 Å². The number of fused-ring (bicyclic) bond motifs is 3. The van der Waals surface area contributed by atoms with E-state index in [2.05, 4.69) is 21.9 Å². The van der Waals surface area contributed by atoms with Crippen molar-refractivity contribution in [3.63, 3.8) is 0 Å². The van der Waals surface area contributed by atoms with Crippen molar-refractivity contribution in [3.05, 3.63) is 48.3 Å². The second-order valence-corrected chi connectivity index (χ2v) is 8.12. The van der Waals surface area contributed by atoms with Crippen LogP contribution < -0.4 is 4.74 Å². The van der Waals surface area contributed by atoms with Crippen LogP contribution in [0, 0.1) is 0 Å². The van der Waals surface area contributed by atoms with Crippen LogP contribution in [0.3, 0.4) is 0 Å². The number of ether oxygens (including phenoxy) is 1. The van der Waals surface area contributed by atoms with Crippen molar-refractivity contribution in [2.45, 2.75) is 50.0 Å². The minimum atomic E-state index is -4.39. The van der Waals surface area contributed by atoms with E-state index >= 15 is 0 Å². The SMILES string of the molecule is CN1C2CCC1CC(Oc1ccc(-c3ccc4[nH]c(C(F)(F)F)cc4c3)nc1)C2. The van der Waals surface area contributed by atoms with E-state index in [-0.39, 0.29) is 6.10 Å². The van der Waals surface area contributed by atoms with Gasteiger partial charge in [-0.15, -0.1) is 0 Å². The number of hydrogen-bond acceptors (Lipinski definition) is 3. The predicted octanol–water partition coefficient (Wildman–Crippen LogP) is 5.25. The van der Waals surface area contributed by atoms with Crippen molar-refractivity contribution in [2.75, 3.05) is 7.05 Å². The molecule has 0 radical (unpaired) electrons. The summed E-state index contributed by atoms with van der Waals surface area (Å²) in [6.45, 7) is 0. The second-order valence-electron chi connectivity index (χ2n) is 8.12. The van der Waals surface area contributed by atoms with Gasteiger partial charge in [0.25, 0.3) is 0 Å². The lowest BCUT2D eigenvalue weighted by atomic mass is 10.0. The summed E-state index contributed by atoms with van der Waals surface area (Å²) in [6, 6.07) is 11.3. The molecule has 2 atom stereocenters. The fourth-order valence-electron chi connectivity index (χ4n) is 4.72. The van der Waals surface area contributed by atoms with Crippen molar-refractivity contribution in [2.24, 2.45) is 0 Å². The molecule has 2 fully saturated rings. The van der Waals surface area contributed by atoms with E-state index in [9.17, 15) is 13.2 Å². The van der Waals surface area contributed by atoms with E-state index in [0.29, 0.717) is 28.7 Å². The average molecular weight is 401 g/mol.